The van der Waals surface area contributed by atoms with E-state index in [1.165, 1.54) is 112 Å². The Balaban J connectivity index is 0.923. The van der Waals surface area contributed by atoms with Gasteiger partial charge in [-0.2, -0.15) is 0 Å². The predicted molar refractivity (Wildman–Crippen MR) is 210 cm³/mol. The van der Waals surface area contributed by atoms with Gasteiger partial charge in [0.15, 0.2) is 0 Å². The summed E-state index contributed by atoms with van der Waals surface area (Å²) in [4.78, 5) is 0. The SMILES string of the molecule is CCCC1CCC(c2ccc(-c3cc(F)c(CCCOCCCc4c(F)cc(-c5ccc(C6CCC(CCC)CC6)cc5)cc4F)c(F)c3)cc2)CC1. The number of halogens is 4. The van der Waals surface area contributed by atoms with Gasteiger partial charge in [0.2, 0.25) is 0 Å². The summed E-state index contributed by atoms with van der Waals surface area (Å²) in [7, 11) is 0. The molecule has 0 aliphatic heterocycles. The van der Waals surface area contributed by atoms with E-state index >= 15 is 17.6 Å². The van der Waals surface area contributed by atoms with E-state index in [4.69, 9.17) is 4.74 Å². The molecule has 0 saturated heterocycles. The van der Waals surface area contributed by atoms with Gasteiger partial charge in [0, 0.05) is 24.3 Å². The molecule has 6 rings (SSSR count). The predicted octanol–water partition coefficient (Wildman–Crippen LogP) is 14.3. The van der Waals surface area contributed by atoms with Gasteiger partial charge in [0.1, 0.15) is 23.3 Å². The standard InChI is InChI=1S/C48H58F4O/c1-3-7-33-11-15-35(16-12-33)37-19-23-39(24-20-37)41-29-45(49)43(46(50)30-41)9-5-27-53-28-6-10-44-47(51)31-42(32-48(44)52)40-25-21-38(22-26-40)36-17-13-34(8-4-2)14-18-36/h19-26,29-36H,3-18,27-28H2,1-2H3. The molecular weight excluding hydrogens is 669 g/mol. The summed E-state index contributed by atoms with van der Waals surface area (Å²) in [5.74, 6) is 0.668. The molecule has 4 aromatic carbocycles. The molecule has 53 heavy (non-hydrogen) atoms. The van der Waals surface area contributed by atoms with E-state index in [1.54, 1.807) is 0 Å². The summed E-state index contributed by atoms with van der Waals surface area (Å²) in [5.41, 5.74) is 5.47. The molecule has 2 saturated carbocycles. The Morgan fingerprint density at radius 2 is 0.811 bits per heavy atom. The van der Waals surface area contributed by atoms with Crippen LogP contribution in [-0.2, 0) is 17.6 Å². The lowest BCUT2D eigenvalue weighted by molar-refractivity contribution is 0.129. The second-order valence-corrected chi connectivity index (χ2v) is 15.9. The molecule has 0 N–H and O–H groups in total. The third-order valence-electron chi connectivity index (χ3n) is 12.2. The van der Waals surface area contributed by atoms with Crippen LogP contribution in [0, 0.1) is 35.1 Å². The Labute approximate surface area is 315 Å². The van der Waals surface area contributed by atoms with Gasteiger partial charge in [-0.1, -0.05) is 88.1 Å². The summed E-state index contributed by atoms with van der Waals surface area (Å²) in [6.07, 6.45) is 16.5. The fraction of sp³-hybridized carbons (Fsp3) is 0.500. The molecule has 0 spiro atoms. The molecule has 1 nitrogen and oxygen atoms in total. The minimum absolute atomic E-state index is 0.0613. The first-order valence-electron chi connectivity index (χ1n) is 20.6. The second kappa shape index (κ2) is 19.2. The van der Waals surface area contributed by atoms with Gasteiger partial charge in [-0.25, -0.2) is 17.6 Å². The molecule has 0 atom stereocenters. The summed E-state index contributed by atoms with van der Waals surface area (Å²) in [6, 6.07) is 22.1. The van der Waals surface area contributed by atoms with E-state index in [-0.39, 0.29) is 24.0 Å². The first-order valence-corrected chi connectivity index (χ1v) is 20.6. The normalized spacial score (nSPS) is 20.5. The molecule has 284 valence electrons. The Kier molecular flexibility index (Phi) is 14.3. The van der Waals surface area contributed by atoms with Crippen LogP contribution >= 0.6 is 0 Å². The number of rotatable bonds is 16. The fourth-order valence-electron chi connectivity index (χ4n) is 9.10. The molecule has 2 aliphatic rings. The molecule has 2 fully saturated rings. The van der Waals surface area contributed by atoms with Gasteiger partial charge >= 0.3 is 0 Å². The van der Waals surface area contributed by atoms with E-state index < -0.39 is 23.3 Å². The Morgan fingerprint density at radius 3 is 1.13 bits per heavy atom. The minimum atomic E-state index is -0.548. The Morgan fingerprint density at radius 1 is 0.472 bits per heavy atom. The number of benzene rings is 4. The van der Waals surface area contributed by atoms with Crippen molar-refractivity contribution in [1.82, 2.24) is 0 Å². The highest BCUT2D eigenvalue weighted by Gasteiger charge is 2.23. The molecule has 0 amide bonds. The number of hydrogen-bond acceptors (Lipinski definition) is 1. The molecular formula is C48H58F4O. The zero-order valence-corrected chi connectivity index (χ0v) is 31.9. The molecule has 0 bridgehead atoms. The van der Waals surface area contributed by atoms with Gasteiger partial charge in [0.05, 0.1) is 0 Å². The Bertz CT molecular complexity index is 1560. The summed E-state index contributed by atoms with van der Waals surface area (Å²) >= 11 is 0. The third kappa shape index (κ3) is 10.4. The van der Waals surface area contributed by atoms with E-state index in [0.717, 1.165) is 23.0 Å². The van der Waals surface area contributed by atoms with E-state index in [0.29, 0.717) is 49.0 Å². The highest BCUT2D eigenvalue weighted by atomic mass is 19.1. The molecule has 0 radical (unpaired) electrons. The summed E-state index contributed by atoms with van der Waals surface area (Å²) < 4.78 is 66.0. The van der Waals surface area contributed by atoms with Crippen molar-refractivity contribution in [3.8, 4) is 22.3 Å². The second-order valence-electron chi connectivity index (χ2n) is 15.9. The molecule has 4 aromatic rings. The lowest BCUT2D eigenvalue weighted by Gasteiger charge is -2.28. The highest BCUT2D eigenvalue weighted by Crippen LogP contribution is 2.39. The van der Waals surface area contributed by atoms with Crippen LogP contribution in [0.2, 0.25) is 0 Å². The van der Waals surface area contributed by atoms with Gasteiger partial charge in [-0.3, -0.25) is 0 Å². The fourth-order valence-corrected chi connectivity index (χ4v) is 9.10. The number of ether oxygens (including phenoxy) is 1. The average Bonchev–Trinajstić information content (AvgIpc) is 3.17. The van der Waals surface area contributed by atoms with E-state index in [1.807, 2.05) is 24.3 Å². The third-order valence-corrected chi connectivity index (χ3v) is 12.2. The van der Waals surface area contributed by atoms with Crippen LogP contribution in [0.3, 0.4) is 0 Å². The zero-order valence-electron chi connectivity index (χ0n) is 31.9. The van der Waals surface area contributed by atoms with Crippen molar-refractivity contribution in [2.24, 2.45) is 11.8 Å². The Hall–Kier alpha value is -3.44. The van der Waals surface area contributed by atoms with Crippen LogP contribution in [0.1, 0.15) is 138 Å². The highest BCUT2D eigenvalue weighted by molar-refractivity contribution is 5.65. The van der Waals surface area contributed by atoms with Crippen molar-refractivity contribution in [3.63, 3.8) is 0 Å². The largest absolute Gasteiger partial charge is 0.381 e. The van der Waals surface area contributed by atoms with Crippen LogP contribution in [0.5, 0.6) is 0 Å². The quantitative estimate of drug-likeness (QED) is 0.0825. The van der Waals surface area contributed by atoms with Crippen molar-refractivity contribution in [3.05, 3.63) is 118 Å². The molecule has 5 heteroatoms. The van der Waals surface area contributed by atoms with Gasteiger partial charge in [-0.15, -0.1) is 0 Å². The molecule has 0 heterocycles. The summed E-state index contributed by atoms with van der Waals surface area (Å²) in [5, 5.41) is 0. The van der Waals surface area contributed by atoms with Crippen molar-refractivity contribution >= 4 is 0 Å². The zero-order chi connectivity index (χ0) is 37.2. The monoisotopic (exact) mass is 726 g/mol. The van der Waals surface area contributed by atoms with Crippen LogP contribution in [0.4, 0.5) is 17.6 Å². The average molecular weight is 727 g/mol. The van der Waals surface area contributed by atoms with Crippen molar-refractivity contribution in [2.75, 3.05) is 13.2 Å². The maximum atomic E-state index is 15.1. The van der Waals surface area contributed by atoms with Crippen molar-refractivity contribution in [2.45, 2.75) is 128 Å². The van der Waals surface area contributed by atoms with Crippen LogP contribution < -0.4 is 0 Å². The molecule has 0 unspecified atom stereocenters. The van der Waals surface area contributed by atoms with E-state index in [9.17, 15) is 0 Å². The van der Waals surface area contributed by atoms with E-state index in [2.05, 4.69) is 38.1 Å². The van der Waals surface area contributed by atoms with Crippen LogP contribution in [0.15, 0.2) is 72.8 Å². The van der Waals surface area contributed by atoms with Gasteiger partial charge in [-0.05, 0) is 158 Å². The first-order chi connectivity index (χ1) is 25.8. The molecule has 2 aliphatic carbocycles. The number of hydrogen-bond donors (Lipinski definition) is 0. The van der Waals surface area contributed by atoms with Gasteiger partial charge in [0.25, 0.3) is 0 Å². The smallest absolute Gasteiger partial charge is 0.129 e. The minimum Gasteiger partial charge on any atom is -0.381 e. The van der Waals surface area contributed by atoms with Crippen molar-refractivity contribution < 1.29 is 22.3 Å². The van der Waals surface area contributed by atoms with Crippen LogP contribution in [0.25, 0.3) is 22.3 Å². The topological polar surface area (TPSA) is 9.23 Å². The van der Waals surface area contributed by atoms with Crippen LogP contribution in [-0.4, -0.2) is 13.2 Å². The first kappa shape index (κ1) is 39.3. The molecule has 0 aromatic heterocycles. The lowest BCUT2D eigenvalue weighted by Crippen LogP contribution is -2.13. The maximum absolute atomic E-state index is 15.1. The van der Waals surface area contributed by atoms with Gasteiger partial charge < -0.3 is 4.74 Å². The lowest BCUT2D eigenvalue weighted by atomic mass is 9.77. The maximum Gasteiger partial charge on any atom is 0.129 e. The summed E-state index contributed by atoms with van der Waals surface area (Å²) in [6.45, 7) is 5.13. The van der Waals surface area contributed by atoms with Crippen molar-refractivity contribution in [1.29, 1.82) is 0 Å².